The SMILES string of the molecule is CCOc1cc([C@H]2NC(=O)NC(C)=C2C(=O)OC)ccc1OC[C@H](O)N/N=C/c1c(OCc2ccccc2F)ccc2ccccc12. The number of carbonyl (C=O) groups excluding carboxylic acids is 2. The number of aliphatic hydroxyl groups is 1. The number of hydrogen-bond donors (Lipinski definition) is 4. The molecule has 12 heteroatoms. The van der Waals surface area contributed by atoms with Crippen molar-refractivity contribution in [1.29, 1.82) is 0 Å². The molecular weight excluding hydrogens is 607 g/mol. The highest BCUT2D eigenvalue weighted by Gasteiger charge is 2.32. The average molecular weight is 643 g/mol. The van der Waals surface area contributed by atoms with Crippen molar-refractivity contribution in [3.05, 3.63) is 113 Å². The van der Waals surface area contributed by atoms with Gasteiger partial charge in [-0.2, -0.15) is 5.10 Å². The van der Waals surface area contributed by atoms with Crippen LogP contribution in [-0.2, 0) is 16.1 Å². The molecule has 0 saturated heterocycles. The first-order valence-electron chi connectivity index (χ1n) is 14.9. The van der Waals surface area contributed by atoms with E-state index in [0.29, 0.717) is 46.2 Å². The van der Waals surface area contributed by atoms with Crippen molar-refractivity contribution in [1.82, 2.24) is 16.1 Å². The van der Waals surface area contributed by atoms with Gasteiger partial charge in [-0.3, -0.25) is 5.43 Å². The Morgan fingerprint density at radius 1 is 1.02 bits per heavy atom. The molecule has 0 unspecified atom stereocenters. The van der Waals surface area contributed by atoms with Gasteiger partial charge < -0.3 is 34.7 Å². The molecule has 11 nitrogen and oxygen atoms in total. The first-order chi connectivity index (χ1) is 22.8. The molecule has 0 fully saturated rings. The van der Waals surface area contributed by atoms with Gasteiger partial charge in [0.2, 0.25) is 0 Å². The molecule has 47 heavy (non-hydrogen) atoms. The maximum atomic E-state index is 14.2. The van der Waals surface area contributed by atoms with E-state index in [9.17, 15) is 19.1 Å². The first-order valence-corrected chi connectivity index (χ1v) is 14.9. The molecule has 0 bridgehead atoms. The van der Waals surface area contributed by atoms with Crippen molar-refractivity contribution >= 4 is 29.0 Å². The van der Waals surface area contributed by atoms with Crippen LogP contribution in [-0.4, -0.2) is 49.9 Å². The molecule has 0 radical (unpaired) electrons. The van der Waals surface area contributed by atoms with Crippen molar-refractivity contribution in [2.75, 3.05) is 20.3 Å². The largest absolute Gasteiger partial charge is 0.490 e. The summed E-state index contributed by atoms with van der Waals surface area (Å²) in [6.45, 7) is 3.57. The first kappa shape index (κ1) is 32.8. The number of fused-ring (bicyclic) bond motifs is 1. The second-order valence-electron chi connectivity index (χ2n) is 10.5. The number of amides is 2. The summed E-state index contributed by atoms with van der Waals surface area (Å²) in [6, 6.07) is 21.5. The van der Waals surface area contributed by atoms with E-state index in [4.69, 9.17) is 18.9 Å². The molecule has 1 aliphatic heterocycles. The molecule has 5 rings (SSSR count). The average Bonchev–Trinajstić information content (AvgIpc) is 3.07. The summed E-state index contributed by atoms with van der Waals surface area (Å²) in [6.07, 6.45) is 0.322. The van der Waals surface area contributed by atoms with Gasteiger partial charge in [0.1, 0.15) is 24.8 Å². The van der Waals surface area contributed by atoms with Crippen LogP contribution in [0.15, 0.2) is 95.2 Å². The molecule has 2 amide bonds. The van der Waals surface area contributed by atoms with E-state index < -0.39 is 24.3 Å². The Morgan fingerprint density at radius 2 is 1.79 bits per heavy atom. The number of urea groups is 1. The minimum absolute atomic E-state index is 0.0284. The number of esters is 1. The molecule has 4 aromatic rings. The fourth-order valence-corrected chi connectivity index (χ4v) is 5.12. The number of allylic oxidation sites excluding steroid dienone is 1. The molecular formula is C35H35FN4O7. The van der Waals surface area contributed by atoms with Gasteiger partial charge in [-0.05, 0) is 54.4 Å². The number of nitrogens with one attached hydrogen (secondary N) is 3. The monoisotopic (exact) mass is 642 g/mol. The van der Waals surface area contributed by atoms with Crippen LogP contribution in [0.25, 0.3) is 10.8 Å². The van der Waals surface area contributed by atoms with Gasteiger partial charge in [-0.1, -0.05) is 54.6 Å². The van der Waals surface area contributed by atoms with E-state index in [-0.39, 0.29) is 24.6 Å². The van der Waals surface area contributed by atoms with Crippen LogP contribution in [0.1, 0.15) is 36.6 Å². The van der Waals surface area contributed by atoms with Gasteiger partial charge >= 0.3 is 12.0 Å². The van der Waals surface area contributed by atoms with Crippen molar-refractivity contribution in [3.8, 4) is 17.2 Å². The number of aliphatic hydroxyl groups excluding tert-OH is 1. The normalized spacial score (nSPS) is 15.2. The fourth-order valence-electron chi connectivity index (χ4n) is 5.12. The van der Waals surface area contributed by atoms with Crippen LogP contribution in [0, 0.1) is 5.82 Å². The Labute approximate surface area is 271 Å². The molecule has 4 N–H and O–H groups in total. The highest BCUT2D eigenvalue weighted by atomic mass is 19.1. The standard InChI is InChI=1S/C35H35FN4O7/c1-4-45-30-17-23(33-32(34(42)44-3)21(2)38-35(43)39-33)14-16-29(30)47-20-31(41)40-37-18-26-25-11-7-5-9-22(25)13-15-28(26)46-19-24-10-6-8-12-27(24)36/h5-18,31,33,40-41H,4,19-20H2,1-3H3,(H2,38,39,43)/b37-18+/t31-,33+/m0/s1. The summed E-state index contributed by atoms with van der Waals surface area (Å²) < 4.78 is 36.7. The molecule has 0 aliphatic carbocycles. The van der Waals surface area contributed by atoms with Crippen LogP contribution < -0.4 is 30.3 Å². The molecule has 2 atom stereocenters. The van der Waals surface area contributed by atoms with Gasteiger partial charge in [0.25, 0.3) is 0 Å². The van der Waals surface area contributed by atoms with E-state index in [1.54, 1.807) is 56.3 Å². The summed E-state index contributed by atoms with van der Waals surface area (Å²) in [5, 5.41) is 22.0. The van der Waals surface area contributed by atoms with Gasteiger partial charge in [-0.25, -0.2) is 14.0 Å². The zero-order chi connectivity index (χ0) is 33.3. The van der Waals surface area contributed by atoms with Gasteiger partial charge in [-0.15, -0.1) is 0 Å². The smallest absolute Gasteiger partial charge is 0.337 e. The number of ether oxygens (including phenoxy) is 4. The number of hydrazone groups is 1. The third-order valence-corrected chi connectivity index (χ3v) is 7.36. The van der Waals surface area contributed by atoms with Crippen LogP contribution in [0.2, 0.25) is 0 Å². The predicted octanol–water partition coefficient (Wildman–Crippen LogP) is 5.08. The number of methoxy groups -OCH3 is 1. The number of hydrogen-bond acceptors (Lipinski definition) is 9. The maximum Gasteiger partial charge on any atom is 0.337 e. The lowest BCUT2D eigenvalue weighted by Crippen LogP contribution is -2.45. The summed E-state index contributed by atoms with van der Waals surface area (Å²) >= 11 is 0. The summed E-state index contributed by atoms with van der Waals surface area (Å²) in [5.74, 6) is 0.239. The third kappa shape index (κ3) is 7.79. The second kappa shape index (κ2) is 15.1. The number of benzene rings is 4. The lowest BCUT2D eigenvalue weighted by atomic mass is 9.95. The lowest BCUT2D eigenvalue weighted by molar-refractivity contribution is -0.136. The number of nitrogens with zero attached hydrogens (tertiary/aromatic N) is 1. The van der Waals surface area contributed by atoms with E-state index in [1.165, 1.54) is 19.4 Å². The Bertz CT molecular complexity index is 1830. The van der Waals surface area contributed by atoms with E-state index >= 15 is 0 Å². The third-order valence-electron chi connectivity index (χ3n) is 7.36. The molecule has 0 spiro atoms. The molecule has 1 heterocycles. The van der Waals surface area contributed by atoms with Crippen LogP contribution in [0.4, 0.5) is 9.18 Å². The zero-order valence-corrected chi connectivity index (χ0v) is 26.1. The van der Waals surface area contributed by atoms with Crippen LogP contribution in [0.5, 0.6) is 17.2 Å². The molecule has 4 aromatic carbocycles. The summed E-state index contributed by atoms with van der Waals surface area (Å²) in [5.41, 5.74) is 4.93. The quantitative estimate of drug-likeness (QED) is 0.0686. The molecule has 0 saturated carbocycles. The molecule has 1 aliphatic rings. The Hall–Kier alpha value is -5.62. The van der Waals surface area contributed by atoms with Crippen molar-refractivity contribution in [2.45, 2.75) is 32.7 Å². The van der Waals surface area contributed by atoms with E-state index in [1.807, 2.05) is 30.3 Å². The minimum atomic E-state index is -1.21. The predicted molar refractivity (Wildman–Crippen MR) is 174 cm³/mol. The highest BCUT2D eigenvalue weighted by Crippen LogP contribution is 2.35. The van der Waals surface area contributed by atoms with Gasteiger partial charge in [0, 0.05) is 16.8 Å². The van der Waals surface area contributed by atoms with Crippen molar-refractivity contribution < 1.29 is 38.0 Å². The van der Waals surface area contributed by atoms with Gasteiger partial charge in [0.15, 0.2) is 17.7 Å². The van der Waals surface area contributed by atoms with E-state index in [2.05, 4.69) is 21.2 Å². The topological polar surface area (TPSA) is 140 Å². The Kier molecular flexibility index (Phi) is 10.5. The number of rotatable bonds is 13. The summed E-state index contributed by atoms with van der Waals surface area (Å²) in [4.78, 5) is 24.7. The Morgan fingerprint density at radius 3 is 2.57 bits per heavy atom. The van der Waals surface area contributed by atoms with Crippen LogP contribution in [0.3, 0.4) is 0 Å². The number of halogens is 1. The Balaban J connectivity index is 1.28. The van der Waals surface area contributed by atoms with Crippen molar-refractivity contribution in [2.24, 2.45) is 5.10 Å². The van der Waals surface area contributed by atoms with E-state index in [0.717, 1.165) is 10.8 Å². The maximum absolute atomic E-state index is 14.2. The van der Waals surface area contributed by atoms with Crippen LogP contribution >= 0.6 is 0 Å². The van der Waals surface area contributed by atoms with Gasteiger partial charge in [0.05, 0.1) is 31.5 Å². The highest BCUT2D eigenvalue weighted by molar-refractivity contribution is 6.02. The minimum Gasteiger partial charge on any atom is -0.490 e. The molecule has 0 aromatic heterocycles. The lowest BCUT2D eigenvalue weighted by Gasteiger charge is -2.28. The summed E-state index contributed by atoms with van der Waals surface area (Å²) in [7, 11) is 1.27. The second-order valence-corrected chi connectivity index (χ2v) is 10.5. The van der Waals surface area contributed by atoms with Crippen molar-refractivity contribution in [3.63, 3.8) is 0 Å². The fraction of sp³-hybridized carbons (Fsp3) is 0.229. The zero-order valence-electron chi connectivity index (χ0n) is 26.1. The number of carbonyl (C=O) groups is 2. The molecule has 244 valence electrons.